The van der Waals surface area contributed by atoms with Crippen LogP contribution in [0, 0.1) is 0 Å². The Labute approximate surface area is 118 Å². The molecule has 2 heterocycles. The van der Waals surface area contributed by atoms with Gasteiger partial charge in [0.05, 0.1) is 29.8 Å². The first-order valence-electron chi connectivity index (χ1n) is 5.72. The van der Waals surface area contributed by atoms with Crippen LogP contribution in [0.4, 0.5) is 0 Å². The van der Waals surface area contributed by atoms with Crippen molar-refractivity contribution in [2.75, 3.05) is 0 Å². The fourth-order valence-corrected chi connectivity index (χ4v) is 2.90. The second kappa shape index (κ2) is 5.11. The first-order chi connectivity index (χ1) is 9.28. The average Bonchev–Trinajstić information content (AvgIpc) is 2.90. The minimum atomic E-state index is -0.0626. The molecule has 1 aromatic carbocycles. The summed E-state index contributed by atoms with van der Waals surface area (Å²) in [5.41, 5.74) is 1.62. The van der Waals surface area contributed by atoms with Gasteiger partial charge in [0, 0.05) is 10.8 Å². The van der Waals surface area contributed by atoms with Crippen LogP contribution in [0.2, 0.25) is 0 Å². The number of para-hydroxylation sites is 1. The number of thiazole rings is 1. The maximum atomic E-state index is 11.7. The van der Waals surface area contributed by atoms with Gasteiger partial charge < -0.3 is 0 Å². The lowest BCUT2D eigenvalue weighted by molar-refractivity contribution is 0.690. The summed E-state index contributed by atoms with van der Waals surface area (Å²) in [4.78, 5) is 16.1. The van der Waals surface area contributed by atoms with Crippen LogP contribution in [0.25, 0.3) is 10.9 Å². The molecule has 0 aliphatic carbocycles. The van der Waals surface area contributed by atoms with Gasteiger partial charge >= 0.3 is 0 Å². The highest BCUT2D eigenvalue weighted by atomic mass is 35.5. The molecule has 0 amide bonds. The minimum Gasteiger partial charge on any atom is -0.287 e. The van der Waals surface area contributed by atoms with E-state index in [4.69, 9.17) is 11.6 Å². The molecule has 3 aromatic rings. The Morgan fingerprint density at radius 1 is 1.32 bits per heavy atom. The van der Waals surface area contributed by atoms with Crippen LogP contribution in [0.3, 0.4) is 0 Å². The molecule has 0 aliphatic rings. The highest BCUT2D eigenvalue weighted by Gasteiger charge is 2.06. The molecule has 2 aromatic heterocycles. The standard InChI is InChI=1S/C13H10ClN3OS/c14-5-9-8-19-13(16-9)7-17-11-4-2-1-3-10(11)12(18)6-15-17/h1-4,6,8H,5,7H2. The molecule has 3 rings (SSSR count). The third kappa shape index (κ3) is 2.39. The van der Waals surface area contributed by atoms with Gasteiger partial charge in [-0.3, -0.25) is 9.48 Å². The highest BCUT2D eigenvalue weighted by Crippen LogP contribution is 2.15. The van der Waals surface area contributed by atoms with Crippen LogP contribution in [0.15, 0.2) is 40.6 Å². The van der Waals surface area contributed by atoms with E-state index in [0.717, 1.165) is 16.2 Å². The maximum absolute atomic E-state index is 11.7. The lowest BCUT2D eigenvalue weighted by Crippen LogP contribution is -2.12. The largest absolute Gasteiger partial charge is 0.287 e. The summed E-state index contributed by atoms with van der Waals surface area (Å²) in [5, 5.41) is 7.71. The van der Waals surface area contributed by atoms with Crippen molar-refractivity contribution in [3.8, 4) is 0 Å². The van der Waals surface area contributed by atoms with Gasteiger partial charge in [-0.15, -0.1) is 22.9 Å². The van der Waals surface area contributed by atoms with Crippen molar-refractivity contribution in [3.63, 3.8) is 0 Å². The molecule has 0 N–H and O–H groups in total. The number of alkyl halides is 1. The van der Waals surface area contributed by atoms with Gasteiger partial charge in [0.25, 0.3) is 0 Å². The third-order valence-electron chi connectivity index (χ3n) is 2.78. The average molecular weight is 292 g/mol. The molecular formula is C13H10ClN3OS. The van der Waals surface area contributed by atoms with E-state index in [-0.39, 0.29) is 5.43 Å². The number of rotatable bonds is 3. The van der Waals surface area contributed by atoms with Gasteiger partial charge in [-0.25, -0.2) is 4.98 Å². The van der Waals surface area contributed by atoms with E-state index in [9.17, 15) is 4.79 Å². The molecule has 0 atom stereocenters. The van der Waals surface area contributed by atoms with Gasteiger partial charge in [0.1, 0.15) is 5.01 Å². The van der Waals surface area contributed by atoms with Gasteiger partial charge in [0.2, 0.25) is 5.43 Å². The molecule has 0 spiro atoms. The van der Waals surface area contributed by atoms with Crippen molar-refractivity contribution in [2.45, 2.75) is 12.4 Å². The molecule has 96 valence electrons. The fourth-order valence-electron chi connectivity index (χ4n) is 1.90. The van der Waals surface area contributed by atoms with Crippen molar-refractivity contribution >= 4 is 33.8 Å². The number of benzene rings is 1. The zero-order valence-corrected chi connectivity index (χ0v) is 11.5. The fraction of sp³-hybridized carbons (Fsp3) is 0.154. The SMILES string of the molecule is O=c1cnn(Cc2nc(CCl)cs2)c2ccccc12. The molecule has 0 saturated heterocycles. The number of fused-ring (bicyclic) bond motifs is 1. The lowest BCUT2D eigenvalue weighted by Gasteiger charge is -2.06. The molecule has 0 bridgehead atoms. The highest BCUT2D eigenvalue weighted by molar-refractivity contribution is 7.09. The molecule has 6 heteroatoms. The Hall–Kier alpha value is -1.72. The van der Waals surface area contributed by atoms with E-state index in [1.807, 2.05) is 29.6 Å². The predicted molar refractivity (Wildman–Crippen MR) is 76.8 cm³/mol. The van der Waals surface area contributed by atoms with E-state index in [1.54, 1.807) is 16.0 Å². The summed E-state index contributed by atoms with van der Waals surface area (Å²) in [6, 6.07) is 7.44. The Balaban J connectivity index is 2.06. The van der Waals surface area contributed by atoms with E-state index in [0.29, 0.717) is 17.8 Å². The number of hydrogen-bond acceptors (Lipinski definition) is 4. The molecule has 0 radical (unpaired) electrons. The van der Waals surface area contributed by atoms with E-state index >= 15 is 0 Å². The molecule has 0 aliphatic heterocycles. The van der Waals surface area contributed by atoms with Gasteiger partial charge in [-0.1, -0.05) is 12.1 Å². The van der Waals surface area contributed by atoms with Crippen molar-refractivity contribution in [1.82, 2.24) is 14.8 Å². The Morgan fingerprint density at radius 2 is 2.16 bits per heavy atom. The van der Waals surface area contributed by atoms with Gasteiger partial charge in [0.15, 0.2) is 0 Å². The molecule has 0 fully saturated rings. The first-order valence-corrected chi connectivity index (χ1v) is 7.13. The van der Waals surface area contributed by atoms with Crippen LogP contribution >= 0.6 is 22.9 Å². The molecule has 0 saturated carbocycles. The molecule has 0 unspecified atom stereocenters. The summed E-state index contributed by atoms with van der Waals surface area (Å²) in [7, 11) is 0. The normalized spacial score (nSPS) is 11.0. The molecule has 4 nitrogen and oxygen atoms in total. The zero-order valence-electron chi connectivity index (χ0n) is 9.91. The monoisotopic (exact) mass is 291 g/mol. The number of hydrogen-bond donors (Lipinski definition) is 0. The molecular weight excluding hydrogens is 282 g/mol. The quantitative estimate of drug-likeness (QED) is 0.697. The van der Waals surface area contributed by atoms with E-state index in [2.05, 4.69) is 10.1 Å². The van der Waals surface area contributed by atoms with Crippen molar-refractivity contribution in [1.29, 1.82) is 0 Å². The smallest absolute Gasteiger partial charge is 0.207 e. The summed E-state index contributed by atoms with van der Waals surface area (Å²) in [5.74, 6) is 0.412. The predicted octanol–water partition coefficient (Wildman–Crippen LogP) is 2.64. The first kappa shape index (κ1) is 12.3. The zero-order chi connectivity index (χ0) is 13.2. The van der Waals surface area contributed by atoms with Crippen molar-refractivity contribution in [3.05, 3.63) is 56.8 Å². The van der Waals surface area contributed by atoms with Gasteiger partial charge in [-0.05, 0) is 12.1 Å². The Bertz CT molecular complexity index is 781. The minimum absolute atomic E-state index is 0.0626. The van der Waals surface area contributed by atoms with Crippen LogP contribution < -0.4 is 5.43 Å². The van der Waals surface area contributed by atoms with Crippen LogP contribution in [-0.2, 0) is 12.4 Å². The molecule has 19 heavy (non-hydrogen) atoms. The van der Waals surface area contributed by atoms with Gasteiger partial charge in [-0.2, -0.15) is 5.10 Å². The lowest BCUT2D eigenvalue weighted by atomic mass is 10.2. The summed E-state index contributed by atoms with van der Waals surface area (Å²) in [6.45, 7) is 0.544. The van der Waals surface area contributed by atoms with Crippen molar-refractivity contribution < 1.29 is 0 Å². The number of nitrogens with zero attached hydrogens (tertiary/aromatic N) is 3. The second-order valence-corrected chi connectivity index (χ2v) is 5.26. The Kier molecular flexibility index (Phi) is 3.31. The summed E-state index contributed by atoms with van der Waals surface area (Å²) in [6.07, 6.45) is 1.35. The second-order valence-electron chi connectivity index (χ2n) is 4.05. The van der Waals surface area contributed by atoms with E-state index < -0.39 is 0 Å². The Morgan fingerprint density at radius 3 is 2.95 bits per heavy atom. The van der Waals surface area contributed by atoms with Crippen LogP contribution in [0.5, 0.6) is 0 Å². The third-order valence-corrected chi connectivity index (χ3v) is 3.94. The summed E-state index contributed by atoms with van der Waals surface area (Å²) >= 11 is 7.29. The topological polar surface area (TPSA) is 47.8 Å². The van der Waals surface area contributed by atoms with Crippen molar-refractivity contribution in [2.24, 2.45) is 0 Å². The van der Waals surface area contributed by atoms with Crippen LogP contribution in [-0.4, -0.2) is 14.8 Å². The van der Waals surface area contributed by atoms with Crippen LogP contribution in [0.1, 0.15) is 10.7 Å². The number of halogens is 1. The summed E-state index contributed by atoms with van der Waals surface area (Å²) < 4.78 is 1.79. The van der Waals surface area contributed by atoms with E-state index in [1.165, 1.54) is 6.20 Å². The maximum Gasteiger partial charge on any atom is 0.207 e. The number of aromatic nitrogens is 3.